The quantitative estimate of drug-likeness (QED) is 0.705. The normalized spacial score (nSPS) is 34.0. The van der Waals surface area contributed by atoms with Crippen LogP contribution in [-0.2, 0) is 0 Å². The van der Waals surface area contributed by atoms with E-state index in [4.69, 9.17) is 0 Å². The lowest BCUT2D eigenvalue weighted by molar-refractivity contribution is 0.0662. The summed E-state index contributed by atoms with van der Waals surface area (Å²) < 4.78 is 0. The largest absolute Gasteiger partial charge is 0.298 e. The van der Waals surface area contributed by atoms with Gasteiger partial charge in [0.15, 0.2) is 0 Å². The average molecular weight is 307 g/mol. The molecule has 2 heteroatoms. The van der Waals surface area contributed by atoms with Gasteiger partial charge < -0.3 is 0 Å². The predicted octanol–water partition coefficient (Wildman–Crippen LogP) is 4.56. The molecule has 1 fully saturated rings. The molecule has 0 radical (unpaired) electrons. The molecule has 0 aromatic carbocycles. The van der Waals surface area contributed by atoms with Gasteiger partial charge in [0.1, 0.15) is 0 Å². The van der Waals surface area contributed by atoms with Gasteiger partial charge in [0.05, 0.1) is 0 Å². The Morgan fingerprint density at radius 1 is 1.18 bits per heavy atom. The fourth-order valence-corrected chi connectivity index (χ4v) is 5.13. The molecule has 2 atom stereocenters. The van der Waals surface area contributed by atoms with Gasteiger partial charge in [-0.1, -0.05) is 38.8 Å². The van der Waals surface area contributed by atoms with Crippen LogP contribution in [0.25, 0.3) is 0 Å². The van der Waals surface area contributed by atoms with E-state index in [1.807, 2.05) is 0 Å². The van der Waals surface area contributed by atoms with Gasteiger partial charge in [-0.15, -0.1) is 0 Å². The first-order valence-corrected chi connectivity index (χ1v) is 9.10. The number of likely N-dealkylation sites (N-methyl/N-ethyl adjacent to an activating group) is 1. The lowest BCUT2D eigenvalue weighted by Gasteiger charge is -2.45. The first-order chi connectivity index (χ1) is 9.94. The van der Waals surface area contributed by atoms with Gasteiger partial charge in [-0.05, 0) is 72.0 Å². The Hall–Kier alpha value is -0.340. The Labute approximate surface area is 138 Å². The van der Waals surface area contributed by atoms with Crippen LogP contribution in [0.15, 0.2) is 11.1 Å². The minimum absolute atomic E-state index is 0.221. The highest BCUT2D eigenvalue weighted by Gasteiger charge is 2.50. The summed E-state index contributed by atoms with van der Waals surface area (Å²) in [6.45, 7) is 22.8. The van der Waals surface area contributed by atoms with Crippen molar-refractivity contribution >= 4 is 0 Å². The summed E-state index contributed by atoms with van der Waals surface area (Å²) in [6.07, 6.45) is 2.59. The van der Waals surface area contributed by atoms with Crippen LogP contribution in [0.2, 0.25) is 0 Å². The molecule has 0 spiro atoms. The smallest absolute Gasteiger partial charge is 0.0364 e. The van der Waals surface area contributed by atoms with E-state index < -0.39 is 0 Å². The van der Waals surface area contributed by atoms with Crippen LogP contribution in [-0.4, -0.2) is 47.6 Å². The molecule has 2 aliphatic rings. The van der Waals surface area contributed by atoms with Gasteiger partial charge in [-0.3, -0.25) is 9.80 Å². The molecule has 2 rings (SSSR count). The first-order valence-electron chi connectivity index (χ1n) is 9.10. The number of hydrogen-bond donors (Lipinski definition) is 0. The summed E-state index contributed by atoms with van der Waals surface area (Å²) >= 11 is 0. The molecular formula is C20H38N2. The van der Waals surface area contributed by atoms with E-state index in [1.54, 1.807) is 11.1 Å². The van der Waals surface area contributed by atoms with Gasteiger partial charge in [0.2, 0.25) is 0 Å². The van der Waals surface area contributed by atoms with Gasteiger partial charge in [0, 0.05) is 17.6 Å². The molecular weight excluding hydrogens is 268 g/mol. The van der Waals surface area contributed by atoms with Crippen LogP contribution in [0.5, 0.6) is 0 Å². The van der Waals surface area contributed by atoms with Gasteiger partial charge in [-0.2, -0.15) is 0 Å². The van der Waals surface area contributed by atoms with Crippen LogP contribution in [0.4, 0.5) is 0 Å². The minimum atomic E-state index is 0.221. The van der Waals surface area contributed by atoms with Gasteiger partial charge >= 0.3 is 0 Å². The van der Waals surface area contributed by atoms with E-state index in [1.165, 1.54) is 25.9 Å². The second-order valence-corrected chi connectivity index (χ2v) is 9.46. The molecule has 0 bridgehead atoms. The fraction of sp³-hybridized carbons (Fsp3) is 0.900. The Kier molecular flexibility index (Phi) is 4.61. The number of likely N-dealkylation sites (tertiary alicyclic amines) is 1. The zero-order chi connectivity index (χ0) is 16.9. The minimum Gasteiger partial charge on any atom is -0.298 e. The highest BCUT2D eigenvalue weighted by atomic mass is 15.2. The molecule has 0 N–H and O–H groups in total. The Morgan fingerprint density at radius 3 is 2.18 bits per heavy atom. The van der Waals surface area contributed by atoms with E-state index in [0.29, 0.717) is 11.0 Å². The van der Waals surface area contributed by atoms with Crippen molar-refractivity contribution in [1.29, 1.82) is 0 Å². The molecule has 0 saturated carbocycles. The van der Waals surface area contributed by atoms with Crippen LogP contribution in [0, 0.1) is 11.3 Å². The molecule has 2 nitrogen and oxygen atoms in total. The molecule has 2 aliphatic heterocycles. The molecule has 0 amide bonds. The van der Waals surface area contributed by atoms with Crippen molar-refractivity contribution < 1.29 is 0 Å². The lowest BCUT2D eigenvalue weighted by atomic mass is 9.67. The van der Waals surface area contributed by atoms with Gasteiger partial charge in [-0.25, -0.2) is 0 Å². The molecule has 1 saturated heterocycles. The summed E-state index contributed by atoms with van der Waals surface area (Å²) in [5, 5.41) is 0. The van der Waals surface area contributed by atoms with Crippen molar-refractivity contribution in [3.63, 3.8) is 0 Å². The monoisotopic (exact) mass is 306 g/mol. The second-order valence-electron chi connectivity index (χ2n) is 9.46. The molecule has 0 aliphatic carbocycles. The SMILES string of the molecule is CCN1CCC(C(C)(C)C)C1(C)CC1=C(C)C(C)(C)N(C)C1. The number of nitrogens with zero attached hydrogens (tertiary/aromatic N) is 2. The summed E-state index contributed by atoms with van der Waals surface area (Å²) in [5.74, 6) is 0.772. The third-order valence-corrected chi connectivity index (χ3v) is 6.99. The maximum Gasteiger partial charge on any atom is 0.0364 e. The Morgan fingerprint density at radius 2 is 1.77 bits per heavy atom. The van der Waals surface area contributed by atoms with E-state index in [-0.39, 0.29) is 5.54 Å². The van der Waals surface area contributed by atoms with Gasteiger partial charge in [0.25, 0.3) is 0 Å². The number of hydrogen-bond acceptors (Lipinski definition) is 2. The second kappa shape index (κ2) is 5.63. The van der Waals surface area contributed by atoms with Crippen LogP contribution in [0.3, 0.4) is 0 Å². The van der Waals surface area contributed by atoms with Crippen molar-refractivity contribution in [2.45, 2.75) is 79.3 Å². The highest BCUT2D eigenvalue weighted by Crippen LogP contribution is 2.49. The molecule has 128 valence electrons. The third kappa shape index (κ3) is 2.78. The maximum atomic E-state index is 2.74. The topological polar surface area (TPSA) is 6.48 Å². The van der Waals surface area contributed by atoms with E-state index in [0.717, 1.165) is 12.5 Å². The zero-order valence-electron chi connectivity index (χ0n) is 16.5. The predicted molar refractivity (Wildman–Crippen MR) is 97.2 cm³/mol. The van der Waals surface area contributed by atoms with E-state index in [9.17, 15) is 0 Å². The molecule has 0 aromatic heterocycles. The van der Waals surface area contributed by atoms with Crippen molar-refractivity contribution in [1.82, 2.24) is 9.80 Å². The molecule has 0 aromatic rings. The summed E-state index contributed by atoms with van der Waals surface area (Å²) in [7, 11) is 2.27. The lowest BCUT2D eigenvalue weighted by Crippen LogP contribution is -2.49. The van der Waals surface area contributed by atoms with Crippen molar-refractivity contribution in [2.24, 2.45) is 11.3 Å². The number of rotatable bonds is 3. The standard InChI is InChI=1S/C20H38N2/c1-10-22-12-11-17(18(3,4)5)20(22,8)13-16-14-21(9)19(6,7)15(16)2/h17H,10-14H2,1-9H3. The highest BCUT2D eigenvalue weighted by molar-refractivity contribution is 5.32. The molecule has 2 heterocycles. The van der Waals surface area contributed by atoms with Crippen LogP contribution in [0.1, 0.15) is 68.2 Å². The summed E-state index contributed by atoms with van der Waals surface area (Å²) in [4.78, 5) is 5.26. The maximum absolute atomic E-state index is 2.74. The van der Waals surface area contributed by atoms with Crippen molar-refractivity contribution in [3.05, 3.63) is 11.1 Å². The van der Waals surface area contributed by atoms with E-state index in [2.05, 4.69) is 72.2 Å². The Bertz CT molecular complexity index is 455. The Balaban J connectivity index is 2.34. The fourth-order valence-electron chi connectivity index (χ4n) is 5.13. The summed E-state index contributed by atoms with van der Waals surface area (Å²) in [6, 6.07) is 0. The first kappa shape index (κ1) is 18.0. The molecule has 22 heavy (non-hydrogen) atoms. The summed E-state index contributed by atoms with van der Waals surface area (Å²) in [5.41, 5.74) is 4.20. The van der Waals surface area contributed by atoms with Crippen LogP contribution < -0.4 is 0 Å². The zero-order valence-corrected chi connectivity index (χ0v) is 16.5. The van der Waals surface area contributed by atoms with E-state index >= 15 is 0 Å². The van der Waals surface area contributed by atoms with Crippen LogP contribution >= 0.6 is 0 Å². The average Bonchev–Trinajstić information content (AvgIpc) is 2.80. The van der Waals surface area contributed by atoms with Crippen molar-refractivity contribution in [3.8, 4) is 0 Å². The van der Waals surface area contributed by atoms with Crippen molar-refractivity contribution in [2.75, 3.05) is 26.7 Å². The third-order valence-electron chi connectivity index (χ3n) is 6.99. The molecule has 2 unspecified atom stereocenters.